The van der Waals surface area contributed by atoms with Crippen molar-refractivity contribution in [3.63, 3.8) is 0 Å². The molecule has 2 rings (SSSR count). The van der Waals surface area contributed by atoms with Crippen LogP contribution in [0.2, 0.25) is 0 Å². The van der Waals surface area contributed by atoms with Crippen molar-refractivity contribution in [3.05, 3.63) is 53.8 Å². The third-order valence-corrected chi connectivity index (χ3v) is 2.50. The van der Waals surface area contributed by atoms with Gasteiger partial charge in [-0.3, -0.25) is 0 Å². The van der Waals surface area contributed by atoms with Crippen LogP contribution in [0.15, 0.2) is 42.5 Å². The summed E-state index contributed by atoms with van der Waals surface area (Å²) in [5.41, 5.74) is 0.476. The normalized spacial score (nSPS) is 10.1. The molecular weight excluding hydrogens is 235 g/mol. The number of hydrogen-bond donors (Lipinski definition) is 1. The van der Waals surface area contributed by atoms with Crippen LogP contribution in [0.3, 0.4) is 0 Å². The van der Waals surface area contributed by atoms with Gasteiger partial charge in [0.2, 0.25) is 0 Å². The molecule has 2 aromatic carbocycles. The van der Waals surface area contributed by atoms with Crippen molar-refractivity contribution in [1.82, 2.24) is 0 Å². The summed E-state index contributed by atoms with van der Waals surface area (Å²) in [6.45, 7) is 0.126. The van der Waals surface area contributed by atoms with Crippen molar-refractivity contribution in [2.75, 3.05) is 7.11 Å². The first-order valence-electron chi connectivity index (χ1n) is 5.44. The SMILES string of the molecule is COc1cc(OCc2ccccc2F)ccc1O. The molecule has 0 fully saturated rings. The number of aromatic hydroxyl groups is 1. The molecule has 0 bridgehead atoms. The molecule has 0 atom stereocenters. The molecule has 1 N–H and O–H groups in total. The fraction of sp³-hybridized carbons (Fsp3) is 0.143. The highest BCUT2D eigenvalue weighted by Crippen LogP contribution is 2.30. The second-order valence-electron chi connectivity index (χ2n) is 3.71. The van der Waals surface area contributed by atoms with E-state index in [1.807, 2.05) is 0 Å². The summed E-state index contributed by atoms with van der Waals surface area (Å²) in [5.74, 6) is 0.563. The largest absolute Gasteiger partial charge is 0.504 e. The molecule has 18 heavy (non-hydrogen) atoms. The van der Waals surface area contributed by atoms with Crippen LogP contribution in [0.4, 0.5) is 4.39 Å². The lowest BCUT2D eigenvalue weighted by Crippen LogP contribution is -1.98. The molecule has 0 unspecified atom stereocenters. The molecule has 0 spiro atoms. The Kier molecular flexibility index (Phi) is 3.67. The van der Waals surface area contributed by atoms with Gasteiger partial charge in [-0.2, -0.15) is 0 Å². The van der Waals surface area contributed by atoms with Crippen LogP contribution in [0.5, 0.6) is 17.2 Å². The highest BCUT2D eigenvalue weighted by molar-refractivity contribution is 5.44. The van der Waals surface area contributed by atoms with Gasteiger partial charge < -0.3 is 14.6 Å². The van der Waals surface area contributed by atoms with E-state index >= 15 is 0 Å². The zero-order valence-electron chi connectivity index (χ0n) is 9.89. The van der Waals surface area contributed by atoms with E-state index in [1.54, 1.807) is 30.3 Å². The molecule has 4 heteroatoms. The number of benzene rings is 2. The number of hydrogen-bond acceptors (Lipinski definition) is 3. The van der Waals surface area contributed by atoms with Crippen LogP contribution in [0.25, 0.3) is 0 Å². The van der Waals surface area contributed by atoms with Gasteiger partial charge in [-0.25, -0.2) is 4.39 Å². The third-order valence-electron chi connectivity index (χ3n) is 2.50. The van der Waals surface area contributed by atoms with E-state index in [9.17, 15) is 9.50 Å². The Labute approximate surface area is 104 Å². The lowest BCUT2D eigenvalue weighted by atomic mass is 10.2. The van der Waals surface area contributed by atoms with Crippen molar-refractivity contribution in [2.24, 2.45) is 0 Å². The minimum Gasteiger partial charge on any atom is -0.504 e. The molecule has 0 saturated carbocycles. The van der Waals surface area contributed by atoms with E-state index in [4.69, 9.17) is 9.47 Å². The highest BCUT2D eigenvalue weighted by atomic mass is 19.1. The maximum atomic E-state index is 13.4. The average Bonchev–Trinajstić information content (AvgIpc) is 2.39. The molecule has 3 nitrogen and oxygen atoms in total. The lowest BCUT2D eigenvalue weighted by Gasteiger charge is -2.09. The smallest absolute Gasteiger partial charge is 0.164 e. The molecular formula is C14H13FO3. The topological polar surface area (TPSA) is 38.7 Å². The van der Waals surface area contributed by atoms with E-state index in [0.29, 0.717) is 17.1 Å². The Morgan fingerprint density at radius 1 is 1.17 bits per heavy atom. The average molecular weight is 248 g/mol. The Bertz CT molecular complexity index is 540. The maximum Gasteiger partial charge on any atom is 0.164 e. The first kappa shape index (κ1) is 12.2. The first-order valence-corrected chi connectivity index (χ1v) is 5.44. The Balaban J connectivity index is 2.09. The summed E-state index contributed by atoms with van der Waals surface area (Å²) in [6.07, 6.45) is 0. The number of rotatable bonds is 4. The fourth-order valence-corrected chi connectivity index (χ4v) is 1.52. The zero-order chi connectivity index (χ0) is 13.0. The van der Waals surface area contributed by atoms with Crippen LogP contribution in [0.1, 0.15) is 5.56 Å². The van der Waals surface area contributed by atoms with Crippen LogP contribution >= 0.6 is 0 Å². The maximum absolute atomic E-state index is 13.4. The summed E-state index contributed by atoms with van der Waals surface area (Å²) in [5, 5.41) is 9.42. The molecule has 2 aromatic rings. The number of methoxy groups -OCH3 is 1. The third kappa shape index (κ3) is 2.71. The molecule has 0 aliphatic carbocycles. The number of halogens is 1. The van der Waals surface area contributed by atoms with Gasteiger partial charge in [0.05, 0.1) is 7.11 Å². The standard InChI is InChI=1S/C14H13FO3/c1-17-14-8-11(6-7-13(14)16)18-9-10-4-2-3-5-12(10)15/h2-8,16H,9H2,1H3. The molecule has 0 heterocycles. The first-order chi connectivity index (χ1) is 8.70. The van der Waals surface area contributed by atoms with Crippen LogP contribution in [-0.4, -0.2) is 12.2 Å². The minimum atomic E-state index is -0.303. The van der Waals surface area contributed by atoms with E-state index in [-0.39, 0.29) is 18.2 Å². The quantitative estimate of drug-likeness (QED) is 0.903. The summed E-state index contributed by atoms with van der Waals surface area (Å²) in [6, 6.07) is 11.0. The van der Waals surface area contributed by atoms with Gasteiger partial charge in [0.1, 0.15) is 18.2 Å². The second kappa shape index (κ2) is 5.40. The number of phenolic OH excluding ortho intramolecular Hbond substituents is 1. The number of ether oxygens (including phenoxy) is 2. The van der Waals surface area contributed by atoms with Crippen molar-refractivity contribution < 1.29 is 19.0 Å². The predicted molar refractivity (Wildman–Crippen MR) is 65.4 cm³/mol. The monoisotopic (exact) mass is 248 g/mol. The van der Waals surface area contributed by atoms with Gasteiger partial charge in [-0.1, -0.05) is 18.2 Å². The van der Waals surface area contributed by atoms with Gasteiger partial charge in [0.25, 0.3) is 0 Å². The zero-order valence-corrected chi connectivity index (χ0v) is 9.89. The van der Waals surface area contributed by atoms with E-state index in [0.717, 1.165) is 0 Å². The van der Waals surface area contributed by atoms with Crippen LogP contribution < -0.4 is 9.47 Å². The van der Waals surface area contributed by atoms with Gasteiger partial charge in [-0.05, 0) is 18.2 Å². The predicted octanol–water partition coefficient (Wildman–Crippen LogP) is 3.12. The molecule has 0 aliphatic heterocycles. The minimum absolute atomic E-state index is 0.0377. The Morgan fingerprint density at radius 2 is 1.94 bits per heavy atom. The van der Waals surface area contributed by atoms with Crippen LogP contribution in [-0.2, 0) is 6.61 Å². The van der Waals surface area contributed by atoms with E-state index in [1.165, 1.54) is 19.2 Å². The molecule has 0 amide bonds. The highest BCUT2D eigenvalue weighted by Gasteiger charge is 2.05. The molecule has 0 aliphatic rings. The molecule has 0 saturated heterocycles. The van der Waals surface area contributed by atoms with Gasteiger partial charge >= 0.3 is 0 Å². The summed E-state index contributed by atoms with van der Waals surface area (Å²) < 4.78 is 23.8. The van der Waals surface area contributed by atoms with Crippen molar-refractivity contribution in [3.8, 4) is 17.2 Å². The molecule has 94 valence electrons. The van der Waals surface area contributed by atoms with Crippen molar-refractivity contribution in [1.29, 1.82) is 0 Å². The van der Waals surface area contributed by atoms with Crippen molar-refractivity contribution >= 4 is 0 Å². The van der Waals surface area contributed by atoms with Gasteiger partial charge in [0.15, 0.2) is 11.5 Å². The summed E-state index contributed by atoms with van der Waals surface area (Å²) in [7, 11) is 1.45. The van der Waals surface area contributed by atoms with Gasteiger partial charge in [-0.15, -0.1) is 0 Å². The second-order valence-corrected chi connectivity index (χ2v) is 3.71. The van der Waals surface area contributed by atoms with Gasteiger partial charge in [0, 0.05) is 11.6 Å². The Morgan fingerprint density at radius 3 is 2.67 bits per heavy atom. The summed E-state index contributed by atoms with van der Waals surface area (Å²) >= 11 is 0. The molecule has 0 aromatic heterocycles. The van der Waals surface area contributed by atoms with E-state index < -0.39 is 0 Å². The summed E-state index contributed by atoms with van der Waals surface area (Å²) in [4.78, 5) is 0. The fourth-order valence-electron chi connectivity index (χ4n) is 1.52. The molecule has 0 radical (unpaired) electrons. The van der Waals surface area contributed by atoms with E-state index in [2.05, 4.69) is 0 Å². The number of phenols is 1. The lowest BCUT2D eigenvalue weighted by molar-refractivity contribution is 0.295. The Hall–Kier alpha value is -2.23. The van der Waals surface area contributed by atoms with Crippen molar-refractivity contribution in [2.45, 2.75) is 6.61 Å². The van der Waals surface area contributed by atoms with Crippen LogP contribution in [0, 0.1) is 5.82 Å².